The fourth-order valence-corrected chi connectivity index (χ4v) is 1.82. The summed E-state index contributed by atoms with van der Waals surface area (Å²) in [6.45, 7) is 10.5. The average Bonchev–Trinajstić information content (AvgIpc) is 2.16. The molecule has 3 heteroatoms. The molecule has 0 rings (SSSR count). The summed E-state index contributed by atoms with van der Waals surface area (Å²) in [5.41, 5.74) is 0. The van der Waals surface area contributed by atoms with E-state index in [2.05, 4.69) is 33.0 Å². The molecule has 0 aliphatic rings. The van der Waals surface area contributed by atoms with Crippen LogP contribution < -0.4 is 5.32 Å². The summed E-state index contributed by atoms with van der Waals surface area (Å²) in [4.78, 5) is 0. The molecule has 14 heavy (non-hydrogen) atoms. The van der Waals surface area contributed by atoms with E-state index in [1.165, 1.54) is 12.2 Å². The van der Waals surface area contributed by atoms with E-state index in [9.17, 15) is 0 Å². The zero-order valence-electron chi connectivity index (χ0n) is 10.0. The van der Waals surface area contributed by atoms with Crippen LogP contribution >= 0.6 is 11.8 Å². The van der Waals surface area contributed by atoms with Gasteiger partial charge in [0.1, 0.15) is 0 Å². The van der Waals surface area contributed by atoms with E-state index in [0.717, 1.165) is 18.9 Å². The normalized spacial score (nSPS) is 13.5. The van der Waals surface area contributed by atoms with Crippen LogP contribution in [0.1, 0.15) is 34.1 Å². The van der Waals surface area contributed by atoms with Crippen molar-refractivity contribution >= 4 is 11.8 Å². The van der Waals surface area contributed by atoms with Crippen LogP contribution in [0.25, 0.3) is 0 Å². The maximum absolute atomic E-state index is 5.62. The van der Waals surface area contributed by atoms with Gasteiger partial charge in [0, 0.05) is 11.8 Å². The smallest absolute Gasteiger partial charge is 0.0631 e. The Bertz CT molecular complexity index is 112. The van der Waals surface area contributed by atoms with Gasteiger partial charge in [-0.05, 0) is 32.6 Å². The highest BCUT2D eigenvalue weighted by atomic mass is 32.2. The molecular weight excluding hydrogens is 194 g/mol. The molecule has 1 N–H and O–H groups in total. The highest BCUT2D eigenvalue weighted by molar-refractivity contribution is 7.99. The Morgan fingerprint density at radius 1 is 1.29 bits per heavy atom. The standard InChI is InChI=1S/C11H25NOS/c1-5-7-12-11(9-14-6-2)8-13-10(3)4/h10-12H,5-9H2,1-4H3. The Balaban J connectivity index is 3.60. The van der Waals surface area contributed by atoms with Gasteiger partial charge in [0.05, 0.1) is 12.7 Å². The highest BCUT2D eigenvalue weighted by Gasteiger charge is 2.08. The lowest BCUT2D eigenvalue weighted by atomic mass is 10.3. The number of thioether (sulfide) groups is 1. The summed E-state index contributed by atoms with van der Waals surface area (Å²) in [6.07, 6.45) is 1.53. The van der Waals surface area contributed by atoms with Crippen molar-refractivity contribution in [3.63, 3.8) is 0 Å². The van der Waals surface area contributed by atoms with Gasteiger partial charge in [-0.3, -0.25) is 0 Å². The molecule has 1 unspecified atom stereocenters. The number of hydrogen-bond acceptors (Lipinski definition) is 3. The molecule has 0 saturated carbocycles. The summed E-state index contributed by atoms with van der Waals surface area (Å²) in [5.74, 6) is 2.34. The zero-order chi connectivity index (χ0) is 10.8. The predicted molar refractivity (Wildman–Crippen MR) is 66.2 cm³/mol. The first kappa shape index (κ1) is 14.3. The quantitative estimate of drug-likeness (QED) is 0.644. The van der Waals surface area contributed by atoms with Crippen molar-refractivity contribution in [3.8, 4) is 0 Å². The van der Waals surface area contributed by atoms with Crippen LogP contribution in [0, 0.1) is 0 Å². The van der Waals surface area contributed by atoms with Crippen molar-refractivity contribution in [1.29, 1.82) is 0 Å². The van der Waals surface area contributed by atoms with Crippen LogP contribution in [-0.4, -0.2) is 36.8 Å². The van der Waals surface area contributed by atoms with Crippen LogP contribution in [0.15, 0.2) is 0 Å². The summed E-state index contributed by atoms with van der Waals surface area (Å²) in [7, 11) is 0. The van der Waals surface area contributed by atoms with Crippen LogP contribution in [-0.2, 0) is 4.74 Å². The zero-order valence-corrected chi connectivity index (χ0v) is 10.8. The predicted octanol–water partition coefficient (Wildman–Crippen LogP) is 2.53. The van der Waals surface area contributed by atoms with Gasteiger partial charge in [-0.15, -0.1) is 0 Å². The highest BCUT2D eigenvalue weighted by Crippen LogP contribution is 2.03. The molecule has 0 aromatic heterocycles. The number of hydrogen-bond donors (Lipinski definition) is 1. The minimum Gasteiger partial charge on any atom is -0.377 e. The minimum atomic E-state index is 0.340. The second-order valence-electron chi connectivity index (χ2n) is 3.69. The van der Waals surface area contributed by atoms with Gasteiger partial charge in [-0.2, -0.15) is 11.8 Å². The third-order valence-electron chi connectivity index (χ3n) is 1.84. The molecular formula is C11H25NOS. The van der Waals surface area contributed by atoms with Crippen molar-refractivity contribution in [2.45, 2.75) is 46.3 Å². The summed E-state index contributed by atoms with van der Waals surface area (Å²) >= 11 is 1.98. The van der Waals surface area contributed by atoms with E-state index >= 15 is 0 Å². The van der Waals surface area contributed by atoms with Crippen LogP contribution in [0.5, 0.6) is 0 Å². The van der Waals surface area contributed by atoms with Gasteiger partial charge in [-0.25, -0.2) is 0 Å². The number of ether oxygens (including phenoxy) is 1. The van der Waals surface area contributed by atoms with Crippen molar-refractivity contribution in [2.24, 2.45) is 0 Å². The lowest BCUT2D eigenvalue weighted by molar-refractivity contribution is 0.0655. The molecule has 0 heterocycles. The Hall–Kier alpha value is 0.270. The molecule has 0 fully saturated rings. The van der Waals surface area contributed by atoms with E-state index in [0.29, 0.717) is 12.1 Å². The van der Waals surface area contributed by atoms with E-state index < -0.39 is 0 Å². The Kier molecular flexibility index (Phi) is 10.0. The molecule has 0 aliphatic heterocycles. The summed E-state index contributed by atoms with van der Waals surface area (Å²) < 4.78 is 5.62. The van der Waals surface area contributed by atoms with Gasteiger partial charge in [-0.1, -0.05) is 13.8 Å². The molecule has 0 saturated heterocycles. The first-order valence-electron chi connectivity index (χ1n) is 5.63. The molecule has 2 nitrogen and oxygen atoms in total. The first-order chi connectivity index (χ1) is 6.70. The van der Waals surface area contributed by atoms with Crippen LogP contribution in [0.3, 0.4) is 0 Å². The van der Waals surface area contributed by atoms with Crippen molar-refractivity contribution in [1.82, 2.24) is 5.32 Å². The molecule has 0 aromatic carbocycles. The lowest BCUT2D eigenvalue weighted by Crippen LogP contribution is -2.37. The lowest BCUT2D eigenvalue weighted by Gasteiger charge is -2.19. The maximum Gasteiger partial charge on any atom is 0.0631 e. The fraction of sp³-hybridized carbons (Fsp3) is 1.00. The third kappa shape index (κ3) is 8.85. The van der Waals surface area contributed by atoms with Gasteiger partial charge >= 0.3 is 0 Å². The largest absolute Gasteiger partial charge is 0.377 e. The van der Waals surface area contributed by atoms with Gasteiger partial charge in [0.15, 0.2) is 0 Å². The summed E-state index contributed by atoms with van der Waals surface area (Å²) in [5, 5.41) is 3.51. The van der Waals surface area contributed by atoms with E-state index in [1.807, 2.05) is 11.8 Å². The van der Waals surface area contributed by atoms with Gasteiger partial charge in [0.25, 0.3) is 0 Å². The molecule has 0 aliphatic carbocycles. The molecule has 86 valence electrons. The van der Waals surface area contributed by atoms with Crippen LogP contribution in [0.4, 0.5) is 0 Å². The molecule has 0 amide bonds. The van der Waals surface area contributed by atoms with Gasteiger partial charge in [0.2, 0.25) is 0 Å². The van der Waals surface area contributed by atoms with Crippen LogP contribution in [0.2, 0.25) is 0 Å². The average molecular weight is 219 g/mol. The molecule has 0 radical (unpaired) electrons. The van der Waals surface area contributed by atoms with E-state index in [4.69, 9.17) is 4.74 Å². The Labute approximate surface area is 93.2 Å². The van der Waals surface area contributed by atoms with Crippen molar-refractivity contribution in [3.05, 3.63) is 0 Å². The molecule has 0 spiro atoms. The second kappa shape index (κ2) is 9.81. The fourth-order valence-electron chi connectivity index (χ4n) is 1.08. The molecule has 0 bridgehead atoms. The Morgan fingerprint density at radius 2 is 2.00 bits per heavy atom. The summed E-state index contributed by atoms with van der Waals surface area (Å²) in [6, 6.07) is 0.516. The Morgan fingerprint density at radius 3 is 2.50 bits per heavy atom. The van der Waals surface area contributed by atoms with Crippen molar-refractivity contribution in [2.75, 3.05) is 24.7 Å². The number of nitrogens with one attached hydrogen (secondary N) is 1. The van der Waals surface area contributed by atoms with Gasteiger partial charge < -0.3 is 10.1 Å². The second-order valence-corrected chi connectivity index (χ2v) is 5.01. The van der Waals surface area contributed by atoms with Crippen molar-refractivity contribution < 1.29 is 4.74 Å². The maximum atomic E-state index is 5.62. The third-order valence-corrected chi connectivity index (χ3v) is 2.88. The molecule has 0 aromatic rings. The molecule has 1 atom stereocenters. The SMILES string of the molecule is CCCNC(COC(C)C)CSCC. The minimum absolute atomic E-state index is 0.340. The first-order valence-corrected chi connectivity index (χ1v) is 6.78. The monoisotopic (exact) mass is 219 g/mol. The topological polar surface area (TPSA) is 21.3 Å². The number of rotatable bonds is 9. The van der Waals surface area contributed by atoms with E-state index in [-0.39, 0.29) is 0 Å². The van der Waals surface area contributed by atoms with E-state index in [1.54, 1.807) is 0 Å².